The first-order valence-electron chi connectivity index (χ1n) is 4.57. The fraction of sp³-hybridized carbons (Fsp3) is 0.273. The first-order valence-corrected chi connectivity index (χ1v) is 4.57. The summed E-state index contributed by atoms with van der Waals surface area (Å²) in [5.74, 6) is -1.58. The van der Waals surface area contributed by atoms with Gasteiger partial charge < -0.3 is 10.5 Å². The van der Waals surface area contributed by atoms with Crippen LogP contribution in [0, 0.1) is 0 Å². The highest BCUT2D eigenvalue weighted by Crippen LogP contribution is 2.02. The molecule has 1 atom stereocenters. The van der Waals surface area contributed by atoms with Crippen molar-refractivity contribution < 1.29 is 14.3 Å². The van der Waals surface area contributed by atoms with Gasteiger partial charge in [0.05, 0.1) is 13.2 Å². The van der Waals surface area contributed by atoms with Crippen molar-refractivity contribution in [1.29, 1.82) is 0 Å². The minimum atomic E-state index is -0.890. The molecule has 0 aliphatic rings. The third kappa shape index (κ3) is 3.18. The van der Waals surface area contributed by atoms with Crippen molar-refractivity contribution in [1.82, 2.24) is 0 Å². The SMILES string of the molecule is COC(=O)C(=O)[C@@H](N)Cc1ccccc1. The van der Waals surface area contributed by atoms with Crippen molar-refractivity contribution in [3.63, 3.8) is 0 Å². The zero-order chi connectivity index (χ0) is 11.3. The number of ketones is 1. The van der Waals surface area contributed by atoms with Crippen LogP contribution in [0.5, 0.6) is 0 Å². The van der Waals surface area contributed by atoms with E-state index < -0.39 is 17.8 Å². The fourth-order valence-electron chi connectivity index (χ4n) is 1.21. The topological polar surface area (TPSA) is 69.4 Å². The molecule has 1 aromatic rings. The predicted octanol–water partition coefficient (Wildman–Crippen LogP) is 0.298. The number of nitrogens with two attached hydrogens (primary N) is 1. The van der Waals surface area contributed by atoms with E-state index in [0.29, 0.717) is 6.42 Å². The quantitative estimate of drug-likeness (QED) is 0.569. The molecule has 80 valence electrons. The molecule has 0 aliphatic carbocycles. The molecule has 0 aromatic heterocycles. The van der Waals surface area contributed by atoms with Crippen molar-refractivity contribution in [2.75, 3.05) is 7.11 Å². The molecule has 0 aliphatic heterocycles. The molecule has 0 fully saturated rings. The summed E-state index contributed by atoms with van der Waals surface area (Å²) in [5, 5.41) is 0. The fourth-order valence-corrected chi connectivity index (χ4v) is 1.21. The number of carbonyl (C=O) groups is 2. The summed E-state index contributed by atoms with van der Waals surface area (Å²) < 4.78 is 4.30. The first kappa shape index (κ1) is 11.4. The molecule has 0 radical (unpaired) electrons. The second-order valence-electron chi connectivity index (χ2n) is 3.15. The van der Waals surface area contributed by atoms with Crippen LogP contribution in [-0.2, 0) is 20.7 Å². The largest absolute Gasteiger partial charge is 0.463 e. The molecule has 4 nitrogen and oxygen atoms in total. The van der Waals surface area contributed by atoms with Gasteiger partial charge in [0, 0.05) is 0 Å². The molecule has 2 N–H and O–H groups in total. The van der Waals surface area contributed by atoms with Crippen LogP contribution in [0.3, 0.4) is 0 Å². The van der Waals surface area contributed by atoms with Crippen LogP contribution in [0.25, 0.3) is 0 Å². The Hall–Kier alpha value is -1.68. The summed E-state index contributed by atoms with van der Waals surface area (Å²) in [5.41, 5.74) is 6.49. The van der Waals surface area contributed by atoms with Crippen LogP contribution in [-0.4, -0.2) is 24.9 Å². The number of esters is 1. The van der Waals surface area contributed by atoms with Gasteiger partial charge in [0.1, 0.15) is 0 Å². The Morgan fingerprint density at radius 1 is 1.33 bits per heavy atom. The number of rotatable bonds is 4. The number of ether oxygens (including phenoxy) is 1. The average Bonchev–Trinajstić information content (AvgIpc) is 2.28. The van der Waals surface area contributed by atoms with E-state index in [9.17, 15) is 9.59 Å². The summed E-state index contributed by atoms with van der Waals surface area (Å²) >= 11 is 0. The molecule has 0 unspecified atom stereocenters. The summed E-state index contributed by atoms with van der Waals surface area (Å²) in [6.07, 6.45) is 0.342. The molecule has 1 aromatic carbocycles. The monoisotopic (exact) mass is 207 g/mol. The second-order valence-corrected chi connectivity index (χ2v) is 3.15. The molecule has 15 heavy (non-hydrogen) atoms. The maximum atomic E-state index is 11.3. The molecule has 4 heteroatoms. The Labute approximate surface area is 88.0 Å². The van der Waals surface area contributed by atoms with Crippen molar-refractivity contribution in [2.24, 2.45) is 5.73 Å². The number of methoxy groups -OCH3 is 1. The molecular weight excluding hydrogens is 194 g/mol. The maximum Gasteiger partial charge on any atom is 0.376 e. The molecule has 0 amide bonds. The van der Waals surface area contributed by atoms with Crippen LogP contribution < -0.4 is 5.73 Å². The molecule has 0 spiro atoms. The van der Waals surface area contributed by atoms with Gasteiger partial charge in [-0.1, -0.05) is 30.3 Å². The van der Waals surface area contributed by atoms with Crippen molar-refractivity contribution in [3.8, 4) is 0 Å². The van der Waals surface area contributed by atoms with E-state index in [2.05, 4.69) is 4.74 Å². The maximum absolute atomic E-state index is 11.3. The summed E-state index contributed by atoms with van der Waals surface area (Å²) in [6.45, 7) is 0. The van der Waals surface area contributed by atoms with Gasteiger partial charge >= 0.3 is 5.97 Å². The van der Waals surface area contributed by atoms with Crippen LogP contribution >= 0.6 is 0 Å². The van der Waals surface area contributed by atoms with Gasteiger partial charge in [-0.05, 0) is 12.0 Å². The predicted molar refractivity (Wildman–Crippen MR) is 55.1 cm³/mol. The highest BCUT2D eigenvalue weighted by atomic mass is 16.5. The van der Waals surface area contributed by atoms with Gasteiger partial charge in [0.2, 0.25) is 0 Å². The Kier molecular flexibility index (Phi) is 4.00. The van der Waals surface area contributed by atoms with Gasteiger partial charge in [-0.2, -0.15) is 0 Å². The first-order chi connectivity index (χ1) is 7.15. The van der Waals surface area contributed by atoms with E-state index in [-0.39, 0.29) is 0 Å². The summed E-state index contributed by atoms with van der Waals surface area (Å²) in [6, 6.07) is 8.45. The average molecular weight is 207 g/mol. The van der Waals surface area contributed by atoms with Crippen LogP contribution in [0.2, 0.25) is 0 Å². The highest BCUT2D eigenvalue weighted by molar-refractivity contribution is 6.35. The highest BCUT2D eigenvalue weighted by Gasteiger charge is 2.22. The number of Topliss-reactive ketones (excluding diaryl/α,β-unsaturated/α-hetero) is 1. The van der Waals surface area contributed by atoms with Crippen molar-refractivity contribution in [2.45, 2.75) is 12.5 Å². The van der Waals surface area contributed by atoms with E-state index in [4.69, 9.17) is 5.73 Å². The third-order valence-corrected chi connectivity index (χ3v) is 2.02. The number of hydrogen-bond donors (Lipinski definition) is 1. The van der Waals surface area contributed by atoms with Crippen LogP contribution in [0.15, 0.2) is 30.3 Å². The van der Waals surface area contributed by atoms with E-state index in [1.807, 2.05) is 30.3 Å². The Morgan fingerprint density at radius 3 is 2.47 bits per heavy atom. The number of carbonyl (C=O) groups excluding carboxylic acids is 2. The molecule has 0 heterocycles. The minimum absolute atomic E-state index is 0.342. The second kappa shape index (κ2) is 5.26. The lowest BCUT2D eigenvalue weighted by Gasteiger charge is -2.08. The zero-order valence-electron chi connectivity index (χ0n) is 8.47. The standard InChI is InChI=1S/C11H13NO3/c1-15-11(14)10(13)9(12)7-8-5-3-2-4-6-8/h2-6,9H,7,12H2,1H3/t9-/m0/s1. The van der Waals surface area contributed by atoms with Crippen LogP contribution in [0.1, 0.15) is 5.56 Å². The van der Waals surface area contributed by atoms with E-state index in [1.165, 1.54) is 0 Å². The van der Waals surface area contributed by atoms with Gasteiger partial charge in [-0.25, -0.2) is 4.79 Å². The lowest BCUT2D eigenvalue weighted by Crippen LogP contribution is -2.38. The summed E-state index contributed by atoms with van der Waals surface area (Å²) in [7, 11) is 1.16. The lowest BCUT2D eigenvalue weighted by atomic mass is 10.0. The Morgan fingerprint density at radius 2 is 1.93 bits per heavy atom. The number of benzene rings is 1. The third-order valence-electron chi connectivity index (χ3n) is 2.02. The van der Waals surface area contributed by atoms with Crippen molar-refractivity contribution >= 4 is 11.8 Å². The van der Waals surface area contributed by atoms with Crippen molar-refractivity contribution in [3.05, 3.63) is 35.9 Å². The molecular formula is C11H13NO3. The van der Waals surface area contributed by atoms with Gasteiger partial charge in [-0.3, -0.25) is 4.79 Å². The molecule has 0 saturated heterocycles. The molecule has 0 saturated carbocycles. The van der Waals surface area contributed by atoms with Gasteiger partial charge in [-0.15, -0.1) is 0 Å². The van der Waals surface area contributed by atoms with E-state index in [1.54, 1.807) is 0 Å². The van der Waals surface area contributed by atoms with E-state index in [0.717, 1.165) is 12.7 Å². The zero-order valence-corrected chi connectivity index (χ0v) is 8.47. The molecule has 0 bridgehead atoms. The molecule has 1 rings (SSSR count). The van der Waals surface area contributed by atoms with Crippen LogP contribution in [0.4, 0.5) is 0 Å². The van der Waals surface area contributed by atoms with Gasteiger partial charge in [0.25, 0.3) is 5.78 Å². The van der Waals surface area contributed by atoms with Gasteiger partial charge in [0.15, 0.2) is 0 Å². The smallest absolute Gasteiger partial charge is 0.376 e. The van der Waals surface area contributed by atoms with E-state index >= 15 is 0 Å². The Bertz CT molecular complexity index is 348. The minimum Gasteiger partial charge on any atom is -0.463 e. The number of hydrogen-bond acceptors (Lipinski definition) is 4. The summed E-state index contributed by atoms with van der Waals surface area (Å²) in [4.78, 5) is 22.2. The Balaban J connectivity index is 2.60. The normalized spacial score (nSPS) is 11.9. The lowest BCUT2D eigenvalue weighted by molar-refractivity contribution is -0.152.